The summed E-state index contributed by atoms with van der Waals surface area (Å²) in [5.74, 6) is 2.01. The largest absolute Gasteiger partial charge is 0.377 e. The molecule has 0 aromatic heterocycles. The Hall–Kier alpha value is -0.560. The average molecular weight is 555 g/mol. The summed E-state index contributed by atoms with van der Waals surface area (Å²) in [5, 5.41) is 7.30. The summed E-state index contributed by atoms with van der Waals surface area (Å²) in [6.07, 6.45) is 4.43. The zero-order chi connectivity index (χ0) is 19.8. The summed E-state index contributed by atoms with van der Waals surface area (Å²) in [5.41, 5.74) is 0.997. The van der Waals surface area contributed by atoms with E-state index in [2.05, 4.69) is 20.3 Å². The van der Waals surface area contributed by atoms with Crippen LogP contribution < -0.4 is 15.4 Å². The number of nitrogens with zero attached hydrogens (tertiary/aromatic N) is 1. The first kappa shape index (κ1) is 24.7. The minimum atomic E-state index is -3.51. The first-order valence-electron chi connectivity index (χ1n) is 9.83. The molecule has 0 amide bonds. The van der Waals surface area contributed by atoms with Crippen molar-refractivity contribution in [3.05, 3.63) is 29.8 Å². The smallest absolute Gasteiger partial charge is 0.240 e. The maximum atomic E-state index is 12.4. The zero-order valence-corrected chi connectivity index (χ0v) is 20.7. The number of hydrogen-bond donors (Lipinski definition) is 3. The molecule has 0 aliphatic carbocycles. The van der Waals surface area contributed by atoms with Crippen LogP contribution in [0.5, 0.6) is 0 Å². The van der Waals surface area contributed by atoms with Crippen LogP contribution in [0.1, 0.15) is 31.2 Å². The van der Waals surface area contributed by atoms with Crippen LogP contribution in [-0.4, -0.2) is 58.2 Å². The molecule has 0 spiro atoms. The van der Waals surface area contributed by atoms with Crippen molar-refractivity contribution >= 4 is 51.7 Å². The molecule has 164 valence electrons. The molecule has 2 unspecified atom stereocenters. The van der Waals surface area contributed by atoms with Gasteiger partial charge in [-0.1, -0.05) is 12.1 Å². The highest BCUT2D eigenvalue weighted by Gasteiger charge is 2.20. The van der Waals surface area contributed by atoms with Crippen LogP contribution in [-0.2, 0) is 21.3 Å². The van der Waals surface area contributed by atoms with Gasteiger partial charge in [0.25, 0.3) is 0 Å². The van der Waals surface area contributed by atoms with Crippen LogP contribution in [0.4, 0.5) is 0 Å². The van der Waals surface area contributed by atoms with Crippen molar-refractivity contribution in [3.63, 3.8) is 0 Å². The molecule has 2 saturated heterocycles. The molecule has 7 nitrogen and oxygen atoms in total. The van der Waals surface area contributed by atoms with Crippen LogP contribution in [0.2, 0.25) is 0 Å². The van der Waals surface area contributed by atoms with E-state index in [1.807, 2.05) is 23.9 Å². The number of thioether (sulfide) groups is 1. The predicted molar refractivity (Wildman–Crippen MR) is 130 cm³/mol. The van der Waals surface area contributed by atoms with E-state index in [-0.39, 0.29) is 35.0 Å². The van der Waals surface area contributed by atoms with E-state index in [9.17, 15) is 8.42 Å². The maximum Gasteiger partial charge on any atom is 0.240 e. The molecule has 0 radical (unpaired) electrons. The maximum absolute atomic E-state index is 12.4. The molecule has 3 N–H and O–H groups in total. The molecular weight excluding hydrogens is 523 g/mol. The normalized spacial score (nSPS) is 22.3. The molecule has 1 aromatic rings. The summed E-state index contributed by atoms with van der Waals surface area (Å²) >= 11 is 2.01. The van der Waals surface area contributed by atoms with E-state index in [1.165, 1.54) is 18.6 Å². The second-order valence-corrected chi connectivity index (χ2v) is 10.2. The summed E-state index contributed by atoms with van der Waals surface area (Å²) in [6, 6.07) is 6.93. The molecule has 10 heteroatoms. The molecule has 2 aliphatic heterocycles. The Labute approximate surface area is 195 Å². The van der Waals surface area contributed by atoms with E-state index in [4.69, 9.17) is 4.74 Å². The fourth-order valence-electron chi connectivity index (χ4n) is 3.30. The summed E-state index contributed by atoms with van der Waals surface area (Å²) < 4.78 is 32.9. The number of sulfonamides is 1. The first-order chi connectivity index (χ1) is 13.6. The minimum Gasteiger partial charge on any atom is -0.377 e. The van der Waals surface area contributed by atoms with Crippen molar-refractivity contribution in [1.29, 1.82) is 0 Å². The van der Waals surface area contributed by atoms with Gasteiger partial charge < -0.3 is 15.4 Å². The number of rotatable bonds is 8. The van der Waals surface area contributed by atoms with E-state index < -0.39 is 10.0 Å². The Morgan fingerprint density at radius 2 is 1.97 bits per heavy atom. The van der Waals surface area contributed by atoms with Gasteiger partial charge in [-0.2, -0.15) is 11.8 Å². The number of benzene rings is 1. The molecule has 0 bridgehead atoms. The Morgan fingerprint density at radius 3 is 2.59 bits per heavy atom. The van der Waals surface area contributed by atoms with Gasteiger partial charge in [-0.3, -0.25) is 4.99 Å². The van der Waals surface area contributed by atoms with Crippen LogP contribution in [0.25, 0.3) is 0 Å². The Balaban J connectivity index is 0.00000300. The van der Waals surface area contributed by atoms with Gasteiger partial charge in [0.15, 0.2) is 5.96 Å². The van der Waals surface area contributed by atoms with E-state index >= 15 is 0 Å². The molecule has 2 aliphatic rings. The molecule has 29 heavy (non-hydrogen) atoms. The number of halogens is 1. The molecule has 2 heterocycles. The highest BCUT2D eigenvalue weighted by molar-refractivity contribution is 14.0. The number of aliphatic imine (C=N–C) groups is 1. The lowest BCUT2D eigenvalue weighted by Gasteiger charge is -2.15. The van der Waals surface area contributed by atoms with Crippen molar-refractivity contribution in [2.24, 2.45) is 4.99 Å². The van der Waals surface area contributed by atoms with Crippen molar-refractivity contribution in [2.75, 3.05) is 32.5 Å². The van der Waals surface area contributed by atoms with Crippen molar-refractivity contribution in [3.8, 4) is 0 Å². The SMILES string of the molecule is CN=C(NCc1ccc(S(=O)(=O)NCC2CCCO2)cc1)NCC1CCCS1.I. The lowest BCUT2D eigenvalue weighted by molar-refractivity contribution is 0.114. The van der Waals surface area contributed by atoms with Gasteiger partial charge in [0, 0.05) is 38.5 Å². The number of ether oxygens (including phenoxy) is 1. The predicted octanol–water partition coefficient (Wildman–Crippen LogP) is 2.32. The summed E-state index contributed by atoms with van der Waals surface area (Å²) in [7, 11) is -1.75. The Morgan fingerprint density at radius 1 is 1.17 bits per heavy atom. The second kappa shape index (κ2) is 12.3. The van der Waals surface area contributed by atoms with Gasteiger partial charge >= 0.3 is 0 Å². The lowest BCUT2D eigenvalue weighted by atomic mass is 10.2. The standard InChI is InChI=1S/C19H30N4O3S2.HI/c1-20-19(22-14-17-5-3-11-27-17)21-12-15-6-8-18(9-7-15)28(24,25)23-13-16-4-2-10-26-16;/h6-9,16-17,23H,2-5,10-14H2,1H3,(H2,20,21,22);1H. The number of guanidine groups is 1. The fraction of sp³-hybridized carbons (Fsp3) is 0.632. The van der Waals surface area contributed by atoms with Crippen LogP contribution >= 0.6 is 35.7 Å². The van der Waals surface area contributed by atoms with Gasteiger partial charge in [0.1, 0.15) is 0 Å². The molecule has 0 saturated carbocycles. The molecule has 2 fully saturated rings. The van der Waals surface area contributed by atoms with Crippen LogP contribution in [0.3, 0.4) is 0 Å². The van der Waals surface area contributed by atoms with E-state index in [0.717, 1.165) is 30.9 Å². The number of nitrogens with one attached hydrogen (secondary N) is 3. The van der Waals surface area contributed by atoms with Crippen molar-refractivity contribution in [2.45, 2.75) is 48.5 Å². The van der Waals surface area contributed by atoms with E-state index in [1.54, 1.807) is 19.2 Å². The summed E-state index contributed by atoms with van der Waals surface area (Å²) in [6.45, 7) is 2.54. The van der Waals surface area contributed by atoms with Gasteiger partial charge in [-0.05, 0) is 49.1 Å². The van der Waals surface area contributed by atoms with Crippen LogP contribution in [0, 0.1) is 0 Å². The quantitative estimate of drug-likeness (QED) is 0.260. The van der Waals surface area contributed by atoms with E-state index in [0.29, 0.717) is 24.9 Å². The van der Waals surface area contributed by atoms with Gasteiger partial charge in [0.05, 0.1) is 11.0 Å². The number of hydrogen-bond acceptors (Lipinski definition) is 5. The minimum absolute atomic E-state index is 0. The molecule has 1 aromatic carbocycles. The third-order valence-electron chi connectivity index (χ3n) is 4.96. The molecular formula is C19H31IN4O3S2. The third-order valence-corrected chi connectivity index (χ3v) is 7.80. The zero-order valence-electron chi connectivity index (χ0n) is 16.7. The van der Waals surface area contributed by atoms with Crippen LogP contribution in [0.15, 0.2) is 34.2 Å². The summed E-state index contributed by atoms with van der Waals surface area (Å²) in [4.78, 5) is 4.52. The van der Waals surface area contributed by atoms with Crippen molar-refractivity contribution < 1.29 is 13.2 Å². The van der Waals surface area contributed by atoms with Gasteiger partial charge in [0.2, 0.25) is 10.0 Å². The molecule has 2 atom stereocenters. The topological polar surface area (TPSA) is 91.8 Å². The first-order valence-corrected chi connectivity index (χ1v) is 12.4. The van der Waals surface area contributed by atoms with Crippen molar-refractivity contribution in [1.82, 2.24) is 15.4 Å². The third kappa shape index (κ3) is 7.89. The highest BCUT2D eigenvalue weighted by Crippen LogP contribution is 2.25. The Kier molecular flexibility index (Phi) is 10.5. The Bertz CT molecular complexity index is 747. The second-order valence-electron chi connectivity index (χ2n) is 7.07. The van der Waals surface area contributed by atoms with Gasteiger partial charge in [-0.15, -0.1) is 24.0 Å². The molecule has 3 rings (SSSR count). The van der Waals surface area contributed by atoms with Gasteiger partial charge in [-0.25, -0.2) is 13.1 Å². The highest BCUT2D eigenvalue weighted by atomic mass is 127. The average Bonchev–Trinajstić information content (AvgIpc) is 3.41. The monoisotopic (exact) mass is 554 g/mol. The lowest BCUT2D eigenvalue weighted by Crippen LogP contribution is -2.39. The fourth-order valence-corrected chi connectivity index (χ4v) is 5.57.